The number of aliphatic imine (C=N–C) groups is 1. The SMILES string of the molecule is CCNC(=NCc1ccc(C)cc1OCC(F)(F)F)NCCS(=O)(=O)C(C)(C)C. The monoisotopic (exact) mass is 437 g/mol. The van der Waals surface area contributed by atoms with Crippen LogP contribution < -0.4 is 15.4 Å². The molecule has 0 aliphatic rings. The van der Waals surface area contributed by atoms with Crippen LogP contribution in [0.2, 0.25) is 0 Å². The van der Waals surface area contributed by atoms with Crippen molar-refractivity contribution in [2.75, 3.05) is 25.4 Å². The average Bonchev–Trinajstić information content (AvgIpc) is 2.57. The first kappa shape index (κ1) is 25.1. The number of sulfone groups is 1. The Balaban J connectivity index is 2.85. The van der Waals surface area contributed by atoms with E-state index in [2.05, 4.69) is 15.6 Å². The highest BCUT2D eigenvalue weighted by atomic mass is 32.2. The Morgan fingerprint density at radius 3 is 2.38 bits per heavy atom. The van der Waals surface area contributed by atoms with E-state index in [-0.39, 0.29) is 24.6 Å². The van der Waals surface area contributed by atoms with Crippen LogP contribution in [0.1, 0.15) is 38.8 Å². The van der Waals surface area contributed by atoms with E-state index in [1.165, 1.54) is 6.07 Å². The molecule has 0 spiro atoms. The van der Waals surface area contributed by atoms with Gasteiger partial charge >= 0.3 is 6.18 Å². The Bertz CT molecular complexity index is 801. The van der Waals surface area contributed by atoms with Gasteiger partial charge in [-0.15, -0.1) is 0 Å². The summed E-state index contributed by atoms with van der Waals surface area (Å²) in [5, 5.41) is 5.93. The zero-order valence-electron chi connectivity index (χ0n) is 17.5. The Morgan fingerprint density at radius 1 is 1.17 bits per heavy atom. The van der Waals surface area contributed by atoms with Crippen LogP contribution >= 0.6 is 0 Å². The van der Waals surface area contributed by atoms with Gasteiger partial charge in [-0.2, -0.15) is 13.2 Å². The molecule has 1 aromatic carbocycles. The molecule has 0 heterocycles. The highest BCUT2D eigenvalue weighted by molar-refractivity contribution is 7.92. The van der Waals surface area contributed by atoms with Gasteiger partial charge < -0.3 is 15.4 Å². The lowest BCUT2D eigenvalue weighted by molar-refractivity contribution is -0.153. The molecule has 0 atom stereocenters. The fraction of sp³-hybridized carbons (Fsp3) is 0.632. The van der Waals surface area contributed by atoms with Crippen molar-refractivity contribution in [1.29, 1.82) is 0 Å². The Labute approximate surface area is 170 Å². The highest BCUT2D eigenvalue weighted by Crippen LogP contribution is 2.24. The molecule has 166 valence electrons. The van der Waals surface area contributed by atoms with Gasteiger partial charge in [0.05, 0.1) is 17.0 Å². The molecule has 1 rings (SSSR count). The largest absolute Gasteiger partial charge is 0.484 e. The summed E-state index contributed by atoms with van der Waals surface area (Å²) in [6.07, 6.45) is -4.43. The van der Waals surface area contributed by atoms with E-state index >= 15 is 0 Å². The van der Waals surface area contributed by atoms with Crippen LogP contribution in [0.15, 0.2) is 23.2 Å². The second-order valence-corrected chi connectivity index (χ2v) is 10.4. The number of nitrogens with one attached hydrogen (secondary N) is 2. The topological polar surface area (TPSA) is 79.8 Å². The predicted octanol–water partition coefficient (Wildman–Crippen LogP) is 3.20. The van der Waals surface area contributed by atoms with Crippen LogP contribution in [-0.2, 0) is 16.4 Å². The van der Waals surface area contributed by atoms with E-state index in [1.54, 1.807) is 39.8 Å². The van der Waals surface area contributed by atoms with Crippen molar-refractivity contribution in [1.82, 2.24) is 10.6 Å². The standard InChI is InChI=1S/C19H30F3N3O3S/c1-6-23-17(24-9-10-29(26,27)18(3,4)5)25-12-15-8-7-14(2)11-16(15)28-13-19(20,21)22/h7-8,11H,6,9-10,12-13H2,1-5H3,(H2,23,24,25). The number of rotatable bonds is 8. The van der Waals surface area contributed by atoms with Crippen molar-refractivity contribution in [3.05, 3.63) is 29.3 Å². The van der Waals surface area contributed by atoms with Gasteiger partial charge in [0.1, 0.15) is 5.75 Å². The van der Waals surface area contributed by atoms with Gasteiger partial charge in [-0.25, -0.2) is 13.4 Å². The lowest BCUT2D eigenvalue weighted by Gasteiger charge is -2.20. The maximum atomic E-state index is 12.5. The van der Waals surface area contributed by atoms with Gasteiger partial charge in [-0.3, -0.25) is 0 Å². The van der Waals surface area contributed by atoms with Gasteiger partial charge in [0.2, 0.25) is 0 Å². The average molecular weight is 438 g/mol. The second-order valence-electron chi connectivity index (χ2n) is 7.57. The maximum absolute atomic E-state index is 12.5. The van der Waals surface area contributed by atoms with Gasteiger partial charge in [0.25, 0.3) is 0 Å². The van der Waals surface area contributed by atoms with Gasteiger partial charge in [-0.05, 0) is 46.2 Å². The van der Waals surface area contributed by atoms with Crippen molar-refractivity contribution >= 4 is 15.8 Å². The summed E-state index contributed by atoms with van der Waals surface area (Å²) in [7, 11) is -3.28. The third-order valence-electron chi connectivity index (χ3n) is 3.96. The Morgan fingerprint density at radius 2 is 1.83 bits per heavy atom. The number of alkyl halides is 3. The molecule has 0 fully saturated rings. The van der Waals surface area contributed by atoms with E-state index in [1.807, 2.05) is 6.92 Å². The lowest BCUT2D eigenvalue weighted by atomic mass is 10.1. The van der Waals surface area contributed by atoms with Crippen molar-refractivity contribution in [3.8, 4) is 5.75 Å². The van der Waals surface area contributed by atoms with Crippen molar-refractivity contribution in [3.63, 3.8) is 0 Å². The molecule has 0 aliphatic heterocycles. The normalized spacial score (nSPS) is 13.3. The summed E-state index contributed by atoms with van der Waals surface area (Å²) in [5.41, 5.74) is 1.27. The smallest absolute Gasteiger partial charge is 0.422 e. The Kier molecular flexibility index (Phi) is 8.80. The quantitative estimate of drug-likeness (QED) is 0.482. The molecular formula is C19H30F3N3O3S. The van der Waals surface area contributed by atoms with Crippen LogP contribution in [0.5, 0.6) is 5.75 Å². The number of ether oxygens (including phenoxy) is 1. The van der Waals surface area contributed by atoms with Crippen LogP contribution in [-0.4, -0.2) is 50.7 Å². The molecular weight excluding hydrogens is 407 g/mol. The van der Waals surface area contributed by atoms with E-state index in [4.69, 9.17) is 4.74 Å². The summed E-state index contributed by atoms with van der Waals surface area (Å²) in [5.74, 6) is 0.432. The maximum Gasteiger partial charge on any atom is 0.422 e. The van der Waals surface area contributed by atoms with Crippen LogP contribution in [0.3, 0.4) is 0 Å². The van der Waals surface area contributed by atoms with Crippen molar-refractivity contribution in [2.24, 2.45) is 4.99 Å². The van der Waals surface area contributed by atoms with Gasteiger partial charge in [-0.1, -0.05) is 12.1 Å². The second kappa shape index (κ2) is 10.2. The van der Waals surface area contributed by atoms with E-state index in [0.717, 1.165) is 5.56 Å². The summed E-state index contributed by atoms with van der Waals surface area (Å²) >= 11 is 0. The fourth-order valence-corrected chi connectivity index (χ4v) is 3.19. The highest BCUT2D eigenvalue weighted by Gasteiger charge is 2.29. The molecule has 1 aromatic rings. The number of hydrogen-bond acceptors (Lipinski definition) is 4. The summed E-state index contributed by atoms with van der Waals surface area (Å²) in [4.78, 5) is 4.34. The molecule has 0 amide bonds. The number of halogens is 3. The van der Waals surface area contributed by atoms with E-state index in [9.17, 15) is 21.6 Å². The lowest BCUT2D eigenvalue weighted by Crippen LogP contribution is -2.41. The number of nitrogens with zero attached hydrogens (tertiary/aromatic N) is 1. The van der Waals surface area contributed by atoms with Crippen LogP contribution in [0.4, 0.5) is 13.2 Å². The fourth-order valence-electron chi connectivity index (χ4n) is 2.20. The predicted molar refractivity (Wildman–Crippen MR) is 109 cm³/mol. The zero-order valence-corrected chi connectivity index (χ0v) is 18.3. The van der Waals surface area contributed by atoms with Crippen LogP contribution in [0.25, 0.3) is 0 Å². The number of hydrogen-bond donors (Lipinski definition) is 2. The van der Waals surface area contributed by atoms with E-state index in [0.29, 0.717) is 18.1 Å². The number of aryl methyl sites for hydroxylation is 1. The minimum absolute atomic E-state index is 0.0641. The summed E-state index contributed by atoms with van der Waals surface area (Å²) in [6.45, 7) is 7.94. The zero-order chi connectivity index (χ0) is 22.3. The molecule has 29 heavy (non-hydrogen) atoms. The van der Waals surface area contributed by atoms with Gasteiger partial charge in [0, 0.05) is 18.7 Å². The number of benzene rings is 1. The molecule has 6 nitrogen and oxygen atoms in total. The molecule has 2 N–H and O–H groups in total. The molecule has 0 unspecified atom stereocenters. The number of guanidine groups is 1. The minimum atomic E-state index is -4.43. The first-order valence-electron chi connectivity index (χ1n) is 9.29. The van der Waals surface area contributed by atoms with E-state index < -0.39 is 27.4 Å². The summed E-state index contributed by atoms with van der Waals surface area (Å²) < 4.78 is 65.9. The first-order chi connectivity index (χ1) is 13.2. The Hall–Kier alpha value is -1.97. The first-order valence-corrected chi connectivity index (χ1v) is 10.9. The molecule has 10 heteroatoms. The molecule has 0 saturated carbocycles. The third kappa shape index (κ3) is 8.93. The molecule has 0 bridgehead atoms. The summed E-state index contributed by atoms with van der Waals surface area (Å²) in [6, 6.07) is 4.96. The van der Waals surface area contributed by atoms with Crippen LogP contribution in [0, 0.1) is 6.92 Å². The van der Waals surface area contributed by atoms with Crippen molar-refractivity contribution < 1.29 is 26.3 Å². The molecule has 0 aromatic heterocycles. The van der Waals surface area contributed by atoms with Gasteiger partial charge in [0.15, 0.2) is 22.4 Å². The molecule has 0 radical (unpaired) electrons. The molecule has 0 saturated heterocycles. The van der Waals surface area contributed by atoms with Crippen molar-refractivity contribution in [2.45, 2.75) is 52.1 Å². The third-order valence-corrected chi connectivity index (χ3v) is 6.57. The molecule has 0 aliphatic carbocycles. The minimum Gasteiger partial charge on any atom is -0.484 e.